The minimum atomic E-state index is -3.15. The van der Waals surface area contributed by atoms with Crippen molar-refractivity contribution in [1.82, 2.24) is 4.57 Å². The molecule has 128 valence electrons. The Morgan fingerprint density at radius 2 is 2.17 bits per heavy atom. The third-order valence-electron chi connectivity index (χ3n) is 4.31. The van der Waals surface area contributed by atoms with Crippen molar-refractivity contribution >= 4 is 32.3 Å². The Morgan fingerprint density at radius 3 is 2.79 bits per heavy atom. The number of carbonyl (C=O) groups excluding carboxylic acids is 1. The van der Waals surface area contributed by atoms with E-state index in [-0.39, 0.29) is 29.5 Å². The van der Waals surface area contributed by atoms with Crippen molar-refractivity contribution in [2.75, 3.05) is 11.5 Å². The van der Waals surface area contributed by atoms with E-state index in [1.165, 1.54) is 0 Å². The highest BCUT2D eigenvalue weighted by Gasteiger charge is 2.33. The minimum Gasteiger partial charge on any atom is -0.493 e. The number of hydrogen-bond donors (Lipinski definition) is 1. The van der Waals surface area contributed by atoms with E-state index < -0.39 is 21.7 Å². The van der Waals surface area contributed by atoms with E-state index in [2.05, 4.69) is 10.2 Å². The molecule has 0 spiro atoms. The Labute approximate surface area is 139 Å². The van der Waals surface area contributed by atoms with Gasteiger partial charge in [0.05, 0.1) is 22.9 Å². The van der Waals surface area contributed by atoms with Crippen molar-refractivity contribution in [1.29, 1.82) is 0 Å². The molecule has 7 nitrogen and oxygen atoms in total. The molecule has 1 N–H and O–H groups in total. The van der Waals surface area contributed by atoms with Crippen LogP contribution in [0.3, 0.4) is 0 Å². The Morgan fingerprint density at radius 1 is 1.42 bits per heavy atom. The monoisotopic (exact) mass is 349 g/mol. The Balaban J connectivity index is 1.96. The largest absolute Gasteiger partial charge is 0.493 e. The van der Waals surface area contributed by atoms with Crippen LogP contribution in [0.2, 0.25) is 0 Å². The van der Waals surface area contributed by atoms with E-state index in [0.717, 1.165) is 11.1 Å². The molecule has 1 aliphatic rings. The van der Waals surface area contributed by atoms with Crippen LogP contribution in [0.4, 0.5) is 5.69 Å². The van der Waals surface area contributed by atoms with Crippen LogP contribution in [0, 0.1) is 12.8 Å². The van der Waals surface area contributed by atoms with Gasteiger partial charge in [-0.1, -0.05) is 11.6 Å². The molecule has 3 rings (SSSR count). The number of benzene rings is 1. The van der Waals surface area contributed by atoms with Gasteiger partial charge >= 0.3 is 0 Å². The van der Waals surface area contributed by atoms with E-state index in [9.17, 15) is 18.3 Å². The first-order chi connectivity index (χ1) is 11.3. The number of hydrogen-bond acceptors (Lipinski definition) is 5. The Hall–Kier alpha value is -2.22. The van der Waals surface area contributed by atoms with Crippen molar-refractivity contribution in [3.05, 3.63) is 23.8 Å². The predicted molar refractivity (Wildman–Crippen MR) is 90.3 cm³/mol. The third kappa shape index (κ3) is 2.93. The number of sulfone groups is 1. The van der Waals surface area contributed by atoms with Gasteiger partial charge in [0.1, 0.15) is 0 Å². The molecule has 1 aromatic carbocycles. The van der Waals surface area contributed by atoms with Gasteiger partial charge in [-0.2, -0.15) is 0 Å². The van der Waals surface area contributed by atoms with Crippen molar-refractivity contribution in [3.8, 4) is 5.88 Å². The zero-order valence-electron chi connectivity index (χ0n) is 13.6. The van der Waals surface area contributed by atoms with Gasteiger partial charge in [-0.3, -0.25) is 4.79 Å². The lowest BCUT2D eigenvalue weighted by atomic mass is 10.1. The van der Waals surface area contributed by atoms with E-state index in [1.54, 1.807) is 4.57 Å². The summed E-state index contributed by atoms with van der Waals surface area (Å²) in [6, 6.07) is 5.70. The van der Waals surface area contributed by atoms with Crippen LogP contribution < -0.4 is 0 Å². The number of aromatic nitrogens is 1. The summed E-state index contributed by atoms with van der Waals surface area (Å²) >= 11 is 0. The standard InChI is InChI=1S/C16H19N3O4S/c1-3-19-13-5-4-10(2)8-12(13)14(16(19)21)17-18-15(20)11-6-7-24(22,23)9-11/h4-5,8,11,21H,3,6-7,9H2,1-2H3/t11-/m1/s1. The van der Waals surface area contributed by atoms with Crippen LogP contribution in [0.1, 0.15) is 18.9 Å². The van der Waals surface area contributed by atoms with Gasteiger partial charge in [0.2, 0.25) is 5.88 Å². The molecule has 0 saturated carbocycles. The highest BCUT2D eigenvalue weighted by atomic mass is 32.2. The third-order valence-corrected chi connectivity index (χ3v) is 6.08. The number of rotatable bonds is 3. The normalized spacial score (nSPS) is 20.2. The topological polar surface area (TPSA) is 101 Å². The first-order valence-electron chi connectivity index (χ1n) is 7.80. The molecule has 0 unspecified atom stereocenters. The van der Waals surface area contributed by atoms with Crippen molar-refractivity contribution < 1.29 is 18.3 Å². The van der Waals surface area contributed by atoms with Gasteiger partial charge in [-0.15, -0.1) is 10.2 Å². The van der Waals surface area contributed by atoms with Crippen molar-refractivity contribution in [2.45, 2.75) is 26.8 Å². The van der Waals surface area contributed by atoms with E-state index in [0.29, 0.717) is 11.9 Å². The lowest BCUT2D eigenvalue weighted by Gasteiger charge is -2.01. The quantitative estimate of drug-likeness (QED) is 0.861. The number of amides is 1. The molecule has 8 heteroatoms. The fourth-order valence-electron chi connectivity index (χ4n) is 3.03. The average Bonchev–Trinajstić information content (AvgIpc) is 3.01. The summed E-state index contributed by atoms with van der Waals surface area (Å²) in [6.07, 6.45) is 0.280. The maximum Gasteiger partial charge on any atom is 0.268 e. The summed E-state index contributed by atoms with van der Waals surface area (Å²) in [4.78, 5) is 12.1. The second-order valence-electron chi connectivity index (χ2n) is 6.08. The fourth-order valence-corrected chi connectivity index (χ4v) is 4.76. The zero-order chi connectivity index (χ0) is 17.5. The second kappa shape index (κ2) is 6.01. The molecule has 1 saturated heterocycles. The summed E-state index contributed by atoms with van der Waals surface area (Å²) in [5.41, 5.74) is 2.05. The number of fused-ring (bicyclic) bond motifs is 1. The van der Waals surface area contributed by atoms with Crippen LogP contribution in [0.15, 0.2) is 28.4 Å². The first-order valence-corrected chi connectivity index (χ1v) is 9.62. The minimum absolute atomic E-state index is 0.0124. The molecule has 1 fully saturated rings. The molecule has 1 atom stereocenters. The second-order valence-corrected chi connectivity index (χ2v) is 8.30. The molecular formula is C16H19N3O4S. The van der Waals surface area contributed by atoms with E-state index in [1.807, 2.05) is 32.0 Å². The van der Waals surface area contributed by atoms with Crippen LogP contribution in [0.5, 0.6) is 5.88 Å². The summed E-state index contributed by atoms with van der Waals surface area (Å²) in [5.74, 6) is -1.40. The molecule has 2 aromatic rings. The molecule has 0 radical (unpaired) electrons. The maximum absolute atomic E-state index is 12.1. The molecule has 1 aliphatic heterocycles. The SMILES string of the molecule is CCn1c(O)c(N=NC(=O)[C@@H]2CCS(=O)(=O)C2)c2cc(C)ccc21. The van der Waals surface area contributed by atoms with Gasteiger partial charge in [-0.25, -0.2) is 8.42 Å². The number of carbonyl (C=O) groups is 1. The molecule has 24 heavy (non-hydrogen) atoms. The lowest BCUT2D eigenvalue weighted by molar-refractivity contribution is -0.121. The number of azo groups is 1. The van der Waals surface area contributed by atoms with E-state index in [4.69, 9.17) is 0 Å². The van der Waals surface area contributed by atoms with Crippen molar-refractivity contribution in [2.24, 2.45) is 16.1 Å². The maximum atomic E-state index is 12.1. The highest BCUT2D eigenvalue weighted by molar-refractivity contribution is 7.91. The van der Waals surface area contributed by atoms with Gasteiger partial charge in [0, 0.05) is 11.9 Å². The molecule has 2 heterocycles. The number of nitrogens with zero attached hydrogens (tertiary/aromatic N) is 3. The predicted octanol–water partition coefficient (Wildman–Crippen LogP) is 2.72. The first kappa shape index (κ1) is 16.6. The smallest absolute Gasteiger partial charge is 0.268 e. The average molecular weight is 349 g/mol. The van der Waals surface area contributed by atoms with Crippen molar-refractivity contribution in [3.63, 3.8) is 0 Å². The van der Waals surface area contributed by atoms with Gasteiger partial charge in [-0.05, 0) is 32.4 Å². The molecule has 0 bridgehead atoms. The summed E-state index contributed by atoms with van der Waals surface area (Å²) in [7, 11) is -3.15. The van der Waals surface area contributed by atoms with E-state index >= 15 is 0 Å². The van der Waals surface area contributed by atoms with Crippen LogP contribution in [0.25, 0.3) is 10.9 Å². The van der Waals surface area contributed by atoms with Crippen LogP contribution >= 0.6 is 0 Å². The number of aromatic hydroxyl groups is 1. The van der Waals surface area contributed by atoms with Crippen LogP contribution in [-0.4, -0.2) is 35.5 Å². The molecule has 1 amide bonds. The van der Waals surface area contributed by atoms with Gasteiger partial charge < -0.3 is 9.67 Å². The Kier molecular flexibility index (Phi) is 4.16. The highest BCUT2D eigenvalue weighted by Crippen LogP contribution is 2.39. The number of aryl methyl sites for hydroxylation is 2. The summed E-state index contributed by atoms with van der Waals surface area (Å²) in [5, 5.41) is 18.7. The fraction of sp³-hybridized carbons (Fsp3) is 0.438. The summed E-state index contributed by atoms with van der Waals surface area (Å²) < 4.78 is 24.6. The lowest BCUT2D eigenvalue weighted by Crippen LogP contribution is -2.13. The van der Waals surface area contributed by atoms with Crippen LogP contribution in [-0.2, 0) is 21.2 Å². The summed E-state index contributed by atoms with van der Waals surface area (Å²) in [6.45, 7) is 4.37. The molecule has 1 aromatic heterocycles. The Bertz CT molecular complexity index is 944. The zero-order valence-corrected chi connectivity index (χ0v) is 14.4. The van der Waals surface area contributed by atoms with Gasteiger partial charge in [0.25, 0.3) is 5.91 Å². The molecular weight excluding hydrogens is 330 g/mol. The molecule has 0 aliphatic carbocycles. The van der Waals surface area contributed by atoms with Gasteiger partial charge in [0.15, 0.2) is 15.5 Å².